The number of hydrogen-bond donors (Lipinski definition) is 1. The lowest BCUT2D eigenvalue weighted by molar-refractivity contribution is 0.323. The fourth-order valence-electron chi connectivity index (χ4n) is 1.99. The molecule has 0 amide bonds. The van der Waals surface area contributed by atoms with E-state index in [0.717, 1.165) is 37.5 Å². The number of benzene rings is 1. The summed E-state index contributed by atoms with van der Waals surface area (Å²) in [6.07, 6.45) is 2.14. The van der Waals surface area contributed by atoms with Gasteiger partial charge < -0.3 is 15.2 Å². The van der Waals surface area contributed by atoms with Crippen LogP contribution < -0.4 is 15.2 Å². The van der Waals surface area contributed by atoms with Gasteiger partial charge in [-0.05, 0) is 37.6 Å². The molecule has 1 aliphatic heterocycles. The third-order valence-electron chi connectivity index (χ3n) is 2.85. The summed E-state index contributed by atoms with van der Waals surface area (Å²) in [5, 5.41) is 0. The van der Waals surface area contributed by atoms with Gasteiger partial charge in [-0.15, -0.1) is 0 Å². The van der Waals surface area contributed by atoms with Gasteiger partial charge >= 0.3 is 0 Å². The fraction of sp³-hybridized carbons (Fsp3) is 0.500. The molecule has 0 spiro atoms. The van der Waals surface area contributed by atoms with Crippen LogP contribution in [-0.2, 0) is 0 Å². The second-order valence-corrected chi connectivity index (χ2v) is 3.84. The van der Waals surface area contributed by atoms with E-state index in [2.05, 4.69) is 6.07 Å². The van der Waals surface area contributed by atoms with Crippen LogP contribution in [0, 0.1) is 0 Å². The second-order valence-electron chi connectivity index (χ2n) is 3.84. The minimum atomic E-state index is 0.485. The van der Waals surface area contributed by atoms with Gasteiger partial charge in [0.15, 0.2) is 0 Å². The summed E-state index contributed by atoms with van der Waals surface area (Å²) in [4.78, 5) is 0. The van der Waals surface area contributed by atoms with E-state index in [9.17, 15) is 0 Å². The molecule has 3 nitrogen and oxygen atoms in total. The first-order valence-electron chi connectivity index (χ1n) is 5.36. The zero-order valence-electron chi connectivity index (χ0n) is 9.03. The first-order chi connectivity index (χ1) is 7.35. The number of nitrogens with two attached hydrogens (primary N) is 1. The average Bonchev–Trinajstić information content (AvgIpc) is 2.68. The normalized spacial score (nSPS) is 18.4. The van der Waals surface area contributed by atoms with Crippen LogP contribution in [0.1, 0.15) is 24.3 Å². The maximum Gasteiger partial charge on any atom is 0.123 e. The van der Waals surface area contributed by atoms with Gasteiger partial charge in [-0.25, -0.2) is 0 Å². The summed E-state index contributed by atoms with van der Waals surface area (Å²) < 4.78 is 10.8. The topological polar surface area (TPSA) is 44.5 Å². The third-order valence-corrected chi connectivity index (χ3v) is 2.85. The number of methoxy groups -OCH3 is 1. The smallest absolute Gasteiger partial charge is 0.123 e. The van der Waals surface area contributed by atoms with Crippen LogP contribution in [0.3, 0.4) is 0 Å². The largest absolute Gasteiger partial charge is 0.497 e. The summed E-state index contributed by atoms with van der Waals surface area (Å²) in [5.41, 5.74) is 6.78. The molecule has 0 radical (unpaired) electrons. The van der Waals surface area contributed by atoms with Gasteiger partial charge in [-0.3, -0.25) is 0 Å². The standard InChI is InChI=1S/C12H17NO2/c1-14-10-4-5-12-11(7-10)9(8-15-12)3-2-6-13/h4-5,7,9H,2-3,6,8,13H2,1H3. The molecule has 15 heavy (non-hydrogen) atoms. The molecule has 82 valence electrons. The fourth-order valence-corrected chi connectivity index (χ4v) is 1.99. The Bertz CT molecular complexity index is 338. The molecule has 0 aliphatic carbocycles. The lowest BCUT2D eigenvalue weighted by Gasteiger charge is -2.08. The van der Waals surface area contributed by atoms with Crippen molar-refractivity contribution in [3.05, 3.63) is 23.8 Å². The van der Waals surface area contributed by atoms with E-state index < -0.39 is 0 Å². The molecular weight excluding hydrogens is 190 g/mol. The van der Waals surface area contributed by atoms with Crippen molar-refractivity contribution in [3.63, 3.8) is 0 Å². The van der Waals surface area contributed by atoms with Crippen molar-refractivity contribution in [3.8, 4) is 11.5 Å². The van der Waals surface area contributed by atoms with Crippen molar-refractivity contribution in [2.45, 2.75) is 18.8 Å². The maximum absolute atomic E-state index is 5.61. The molecule has 1 aromatic carbocycles. The van der Waals surface area contributed by atoms with Crippen LogP contribution in [0.5, 0.6) is 11.5 Å². The van der Waals surface area contributed by atoms with Crippen molar-refractivity contribution in [2.24, 2.45) is 5.73 Å². The van der Waals surface area contributed by atoms with E-state index in [1.54, 1.807) is 7.11 Å². The van der Waals surface area contributed by atoms with Crippen molar-refractivity contribution in [2.75, 3.05) is 20.3 Å². The van der Waals surface area contributed by atoms with Crippen LogP contribution in [0.15, 0.2) is 18.2 Å². The maximum atomic E-state index is 5.61. The lowest BCUT2D eigenvalue weighted by atomic mass is 9.96. The predicted molar refractivity (Wildman–Crippen MR) is 59.5 cm³/mol. The van der Waals surface area contributed by atoms with Gasteiger partial charge in [0.05, 0.1) is 13.7 Å². The highest BCUT2D eigenvalue weighted by molar-refractivity contribution is 5.44. The van der Waals surface area contributed by atoms with Crippen LogP contribution in [-0.4, -0.2) is 20.3 Å². The zero-order chi connectivity index (χ0) is 10.7. The summed E-state index contributed by atoms with van der Waals surface area (Å²) in [6.45, 7) is 1.53. The molecule has 0 fully saturated rings. The van der Waals surface area contributed by atoms with Crippen molar-refractivity contribution < 1.29 is 9.47 Å². The van der Waals surface area contributed by atoms with E-state index in [1.807, 2.05) is 12.1 Å². The molecule has 1 unspecified atom stereocenters. The Kier molecular flexibility index (Phi) is 3.11. The van der Waals surface area contributed by atoms with E-state index >= 15 is 0 Å². The van der Waals surface area contributed by atoms with Crippen molar-refractivity contribution >= 4 is 0 Å². The molecule has 1 aliphatic rings. The first-order valence-corrected chi connectivity index (χ1v) is 5.36. The Hall–Kier alpha value is -1.22. The number of fused-ring (bicyclic) bond motifs is 1. The molecule has 1 atom stereocenters. The van der Waals surface area contributed by atoms with E-state index in [0.29, 0.717) is 5.92 Å². The highest BCUT2D eigenvalue weighted by Gasteiger charge is 2.23. The Morgan fingerprint density at radius 3 is 3.13 bits per heavy atom. The van der Waals surface area contributed by atoms with Gasteiger partial charge in [0.2, 0.25) is 0 Å². The average molecular weight is 207 g/mol. The van der Waals surface area contributed by atoms with Gasteiger partial charge in [0.25, 0.3) is 0 Å². The van der Waals surface area contributed by atoms with Gasteiger partial charge in [-0.1, -0.05) is 0 Å². The number of rotatable bonds is 4. The summed E-state index contributed by atoms with van der Waals surface area (Å²) >= 11 is 0. The Balaban J connectivity index is 2.16. The van der Waals surface area contributed by atoms with Crippen molar-refractivity contribution in [1.82, 2.24) is 0 Å². The summed E-state index contributed by atoms with van der Waals surface area (Å²) in [7, 11) is 1.69. The number of hydrogen-bond acceptors (Lipinski definition) is 3. The van der Waals surface area contributed by atoms with E-state index in [1.165, 1.54) is 5.56 Å². The van der Waals surface area contributed by atoms with E-state index in [4.69, 9.17) is 15.2 Å². The predicted octanol–water partition coefficient (Wildman–Crippen LogP) is 1.91. The van der Waals surface area contributed by atoms with Crippen molar-refractivity contribution in [1.29, 1.82) is 0 Å². The van der Waals surface area contributed by atoms with Crippen LogP contribution >= 0.6 is 0 Å². The van der Waals surface area contributed by atoms with Crippen LogP contribution in [0.2, 0.25) is 0 Å². The van der Waals surface area contributed by atoms with Crippen LogP contribution in [0.25, 0.3) is 0 Å². The molecule has 2 N–H and O–H groups in total. The highest BCUT2D eigenvalue weighted by atomic mass is 16.5. The minimum absolute atomic E-state index is 0.485. The monoisotopic (exact) mass is 207 g/mol. The van der Waals surface area contributed by atoms with Gasteiger partial charge in [-0.2, -0.15) is 0 Å². The number of ether oxygens (including phenoxy) is 2. The molecule has 1 heterocycles. The molecule has 0 aromatic heterocycles. The third kappa shape index (κ3) is 2.07. The summed E-state index contributed by atoms with van der Waals surface area (Å²) in [6, 6.07) is 5.99. The molecule has 0 bridgehead atoms. The quantitative estimate of drug-likeness (QED) is 0.820. The molecule has 2 rings (SSSR count). The summed E-state index contributed by atoms with van der Waals surface area (Å²) in [5.74, 6) is 2.38. The second kappa shape index (κ2) is 4.53. The van der Waals surface area contributed by atoms with Gasteiger partial charge in [0, 0.05) is 11.5 Å². The molecule has 3 heteroatoms. The zero-order valence-corrected chi connectivity index (χ0v) is 9.03. The first kappa shape index (κ1) is 10.3. The van der Waals surface area contributed by atoms with Crippen LogP contribution in [0.4, 0.5) is 0 Å². The van der Waals surface area contributed by atoms with E-state index in [-0.39, 0.29) is 0 Å². The molecular formula is C12H17NO2. The Morgan fingerprint density at radius 1 is 1.53 bits per heavy atom. The van der Waals surface area contributed by atoms with Gasteiger partial charge in [0.1, 0.15) is 11.5 Å². The minimum Gasteiger partial charge on any atom is -0.497 e. The SMILES string of the molecule is COc1ccc2c(c1)C(CCCN)CO2. The lowest BCUT2D eigenvalue weighted by Crippen LogP contribution is -2.05. The Labute approximate surface area is 90.2 Å². The Morgan fingerprint density at radius 2 is 2.40 bits per heavy atom. The highest BCUT2D eigenvalue weighted by Crippen LogP contribution is 2.38. The molecule has 0 saturated heterocycles. The molecule has 0 saturated carbocycles. The molecule has 1 aromatic rings.